The average molecular weight is 484 g/mol. The van der Waals surface area contributed by atoms with Crippen molar-refractivity contribution >= 4 is 45.3 Å². The number of amides is 1. The smallest absolute Gasteiger partial charge is 0.296 e. The summed E-state index contributed by atoms with van der Waals surface area (Å²) in [5, 5.41) is 11.8. The molecule has 8 nitrogen and oxygen atoms in total. The molecule has 0 fully saturated rings. The second-order valence-corrected chi connectivity index (χ2v) is 9.74. The molecule has 2 aromatic heterocycles. The topological polar surface area (TPSA) is 110 Å². The van der Waals surface area contributed by atoms with Gasteiger partial charge < -0.3 is 9.84 Å². The summed E-state index contributed by atoms with van der Waals surface area (Å²) in [4.78, 5) is 49.7. The minimum Gasteiger partial charge on any atom is -0.503 e. The number of aromatic nitrogens is 2. The van der Waals surface area contributed by atoms with Gasteiger partial charge in [0.1, 0.15) is 5.75 Å². The summed E-state index contributed by atoms with van der Waals surface area (Å²) in [5.74, 6) is -1.52. The van der Waals surface area contributed by atoms with Gasteiger partial charge in [0.2, 0.25) is 5.78 Å². The summed E-state index contributed by atoms with van der Waals surface area (Å²) < 4.78 is 5.33. The van der Waals surface area contributed by atoms with Gasteiger partial charge >= 0.3 is 0 Å². The van der Waals surface area contributed by atoms with E-state index in [4.69, 9.17) is 4.74 Å². The van der Waals surface area contributed by atoms with Gasteiger partial charge in [0.15, 0.2) is 16.7 Å². The summed E-state index contributed by atoms with van der Waals surface area (Å²) in [6.45, 7) is 6.61. The van der Waals surface area contributed by atoms with Crippen LogP contribution in [0.3, 0.4) is 0 Å². The minimum atomic E-state index is -0.952. The molecule has 170 valence electrons. The number of carbonyl (C=O) groups excluding carboxylic acids is 3. The van der Waals surface area contributed by atoms with E-state index in [0.717, 1.165) is 11.3 Å². The largest absolute Gasteiger partial charge is 0.503 e. The van der Waals surface area contributed by atoms with Crippen LogP contribution in [0.15, 0.2) is 35.6 Å². The summed E-state index contributed by atoms with van der Waals surface area (Å²) in [6, 6.07) is 5.98. The first-order valence-corrected chi connectivity index (χ1v) is 11.6. The van der Waals surface area contributed by atoms with E-state index in [1.54, 1.807) is 45.0 Å². The molecule has 0 saturated carbocycles. The fraction of sp³-hybridized carbons (Fsp3) is 0.261. The van der Waals surface area contributed by atoms with E-state index in [1.165, 1.54) is 30.3 Å². The molecule has 33 heavy (non-hydrogen) atoms. The van der Waals surface area contributed by atoms with Crippen LogP contribution in [0, 0.1) is 20.8 Å². The Balaban J connectivity index is 1.92. The molecule has 0 aliphatic carbocycles. The van der Waals surface area contributed by atoms with Crippen molar-refractivity contribution in [3.05, 3.63) is 67.3 Å². The van der Waals surface area contributed by atoms with Crippen molar-refractivity contribution in [1.82, 2.24) is 9.97 Å². The third-order valence-electron chi connectivity index (χ3n) is 5.28. The number of hydrogen-bond acceptors (Lipinski definition) is 9. The summed E-state index contributed by atoms with van der Waals surface area (Å²) in [5.41, 5.74) is 1.51. The molecule has 0 radical (unpaired) electrons. The number of aliphatic hydroxyl groups is 1. The molecule has 1 atom stereocenters. The van der Waals surface area contributed by atoms with Crippen molar-refractivity contribution in [2.75, 3.05) is 12.0 Å². The van der Waals surface area contributed by atoms with Gasteiger partial charge in [-0.05, 0) is 38.5 Å². The van der Waals surface area contributed by atoms with Crippen LogP contribution >= 0.6 is 22.7 Å². The van der Waals surface area contributed by atoms with Crippen LogP contribution in [0.5, 0.6) is 5.75 Å². The summed E-state index contributed by atoms with van der Waals surface area (Å²) in [7, 11) is 1.52. The monoisotopic (exact) mass is 483 g/mol. The van der Waals surface area contributed by atoms with Crippen molar-refractivity contribution in [3.63, 3.8) is 0 Å². The van der Waals surface area contributed by atoms with Crippen molar-refractivity contribution in [3.8, 4) is 5.75 Å². The zero-order valence-corrected chi connectivity index (χ0v) is 20.3. The molecular formula is C23H21N3O5S2. The van der Waals surface area contributed by atoms with Crippen LogP contribution in [0.25, 0.3) is 0 Å². The number of nitrogens with zero attached hydrogens (tertiary/aromatic N) is 3. The molecule has 0 bridgehead atoms. The maximum atomic E-state index is 13.6. The SMILES string of the molecule is COc1cccc(C2C(C(=O)c3sc(C)nc3C)=C(O)C(=O)N2c2nc(C)c(C(C)=O)s2)c1. The molecule has 1 aliphatic heterocycles. The van der Waals surface area contributed by atoms with Gasteiger partial charge in [0.25, 0.3) is 5.91 Å². The number of rotatable bonds is 6. The predicted molar refractivity (Wildman–Crippen MR) is 126 cm³/mol. The highest BCUT2D eigenvalue weighted by Crippen LogP contribution is 2.44. The van der Waals surface area contributed by atoms with E-state index >= 15 is 0 Å². The Morgan fingerprint density at radius 2 is 1.79 bits per heavy atom. The number of benzene rings is 1. The Labute approximate surface area is 198 Å². The molecule has 1 aromatic carbocycles. The Morgan fingerprint density at radius 3 is 2.36 bits per heavy atom. The first kappa shape index (κ1) is 22.8. The number of hydrogen-bond donors (Lipinski definition) is 1. The van der Waals surface area contributed by atoms with Crippen LogP contribution < -0.4 is 9.64 Å². The Kier molecular flexibility index (Phi) is 5.89. The molecule has 0 spiro atoms. The van der Waals surface area contributed by atoms with E-state index in [9.17, 15) is 19.5 Å². The van der Waals surface area contributed by atoms with Gasteiger partial charge in [-0.15, -0.1) is 11.3 Å². The van der Waals surface area contributed by atoms with Crippen LogP contribution in [-0.2, 0) is 4.79 Å². The Morgan fingerprint density at radius 1 is 1.09 bits per heavy atom. The van der Waals surface area contributed by atoms with Crippen LogP contribution in [0.2, 0.25) is 0 Å². The Hall–Kier alpha value is -3.37. The number of Topliss-reactive ketones (excluding diaryl/α,β-unsaturated/α-hetero) is 2. The number of methoxy groups -OCH3 is 1. The zero-order valence-electron chi connectivity index (χ0n) is 18.6. The van der Waals surface area contributed by atoms with Gasteiger partial charge in [-0.25, -0.2) is 9.97 Å². The van der Waals surface area contributed by atoms with E-state index < -0.39 is 23.5 Å². The molecular weight excluding hydrogens is 462 g/mol. The lowest BCUT2D eigenvalue weighted by Gasteiger charge is -2.24. The van der Waals surface area contributed by atoms with Crippen molar-refractivity contribution in [1.29, 1.82) is 0 Å². The molecule has 0 saturated heterocycles. The van der Waals surface area contributed by atoms with Gasteiger partial charge in [-0.2, -0.15) is 0 Å². The van der Waals surface area contributed by atoms with Gasteiger partial charge in [-0.1, -0.05) is 23.5 Å². The third-order valence-corrected chi connectivity index (χ3v) is 7.61. The molecule has 1 amide bonds. The number of ether oxygens (including phenoxy) is 1. The summed E-state index contributed by atoms with van der Waals surface area (Å²) in [6.07, 6.45) is 0. The molecule has 1 N–H and O–H groups in total. The number of carbonyl (C=O) groups is 3. The van der Waals surface area contributed by atoms with Gasteiger partial charge in [0.05, 0.1) is 44.9 Å². The highest BCUT2D eigenvalue weighted by molar-refractivity contribution is 7.17. The minimum absolute atomic E-state index is 0.0581. The van der Waals surface area contributed by atoms with E-state index in [-0.39, 0.29) is 16.5 Å². The lowest BCUT2D eigenvalue weighted by atomic mass is 9.95. The molecule has 10 heteroatoms. The number of thiazole rings is 2. The van der Waals surface area contributed by atoms with E-state index in [2.05, 4.69) is 9.97 Å². The average Bonchev–Trinajstić information content (AvgIpc) is 3.41. The Bertz CT molecular complexity index is 1340. The molecule has 3 aromatic rings. The maximum Gasteiger partial charge on any atom is 0.296 e. The molecule has 1 aliphatic rings. The highest BCUT2D eigenvalue weighted by atomic mass is 32.1. The van der Waals surface area contributed by atoms with Gasteiger partial charge in [-0.3, -0.25) is 19.3 Å². The van der Waals surface area contributed by atoms with Gasteiger partial charge in [0, 0.05) is 6.92 Å². The fourth-order valence-electron chi connectivity index (χ4n) is 3.84. The molecule has 3 heterocycles. The lowest BCUT2D eigenvalue weighted by Crippen LogP contribution is -2.31. The molecule has 1 unspecified atom stereocenters. The van der Waals surface area contributed by atoms with Crippen LogP contribution in [0.1, 0.15) is 54.3 Å². The van der Waals surface area contributed by atoms with Crippen LogP contribution in [0.4, 0.5) is 5.13 Å². The number of aryl methyl sites for hydroxylation is 3. The standard InChI is InChI=1S/C23H21N3O5S2/c1-10-20(12(3)27)33-23(25-10)26-17(14-7-6-8-15(9-14)31-5)16(19(29)22(26)30)18(28)21-11(2)24-13(4)32-21/h6-9,17,29H,1-5H3. The van der Waals surface area contributed by atoms with Crippen molar-refractivity contribution in [2.24, 2.45) is 0 Å². The van der Waals surface area contributed by atoms with E-state index in [1.807, 2.05) is 0 Å². The normalized spacial score (nSPS) is 16.0. The second kappa shape index (κ2) is 8.53. The fourth-order valence-corrected chi connectivity index (χ4v) is 5.70. The highest BCUT2D eigenvalue weighted by Gasteiger charge is 2.46. The van der Waals surface area contributed by atoms with Crippen LogP contribution in [-0.4, -0.2) is 39.7 Å². The lowest BCUT2D eigenvalue weighted by molar-refractivity contribution is -0.117. The van der Waals surface area contributed by atoms with Crippen molar-refractivity contribution < 1.29 is 24.2 Å². The zero-order chi connectivity index (χ0) is 24.0. The summed E-state index contributed by atoms with van der Waals surface area (Å²) >= 11 is 2.26. The number of ketones is 2. The first-order chi connectivity index (χ1) is 15.6. The number of aliphatic hydroxyl groups excluding tert-OH is 1. The van der Waals surface area contributed by atoms with E-state index in [0.29, 0.717) is 37.5 Å². The third kappa shape index (κ3) is 3.85. The van der Waals surface area contributed by atoms with Crippen molar-refractivity contribution in [2.45, 2.75) is 33.7 Å². The maximum absolute atomic E-state index is 13.6. The second-order valence-electron chi connectivity index (χ2n) is 7.56. The first-order valence-electron chi connectivity index (χ1n) is 10.0. The number of anilines is 1. The molecule has 4 rings (SSSR count). The quantitative estimate of drug-likeness (QED) is 0.513. The predicted octanol–water partition coefficient (Wildman–Crippen LogP) is 4.52.